The van der Waals surface area contributed by atoms with Gasteiger partial charge in [-0.15, -0.1) is 0 Å². The second kappa shape index (κ2) is 10.3. The van der Waals surface area contributed by atoms with Gasteiger partial charge in [-0.3, -0.25) is 9.59 Å². The lowest BCUT2D eigenvalue weighted by molar-refractivity contribution is -0.179. The van der Waals surface area contributed by atoms with Crippen molar-refractivity contribution >= 4 is 25.0 Å². The van der Waals surface area contributed by atoms with Crippen LogP contribution in [0.15, 0.2) is 18.2 Å². The minimum absolute atomic E-state index is 0.00967. The highest BCUT2D eigenvalue weighted by Gasteiger charge is 2.43. The molecule has 1 heterocycles. The zero-order valence-electron chi connectivity index (χ0n) is 18.7. The van der Waals surface area contributed by atoms with Crippen molar-refractivity contribution in [1.82, 2.24) is 5.32 Å². The largest absolute Gasteiger partial charge is 0.547 e. The van der Waals surface area contributed by atoms with Crippen LogP contribution in [0.4, 0.5) is 8.78 Å². The number of esters is 2. The Bertz CT molecular complexity index is 863. The lowest BCUT2D eigenvalue weighted by Crippen LogP contribution is -2.56. The van der Waals surface area contributed by atoms with Gasteiger partial charge in [0.1, 0.15) is 11.3 Å². The average molecular weight is 455 g/mol. The van der Waals surface area contributed by atoms with E-state index in [1.807, 2.05) is 0 Å². The Labute approximate surface area is 185 Å². The van der Waals surface area contributed by atoms with Gasteiger partial charge in [-0.05, 0) is 18.1 Å². The number of carbonyl (C=O) groups is 3. The Kier molecular flexibility index (Phi) is 8.22. The molecule has 1 amide bonds. The van der Waals surface area contributed by atoms with Crippen LogP contribution in [0.1, 0.15) is 57.0 Å². The minimum Gasteiger partial charge on any atom is -0.534 e. The van der Waals surface area contributed by atoms with E-state index in [1.54, 1.807) is 33.8 Å². The van der Waals surface area contributed by atoms with Crippen molar-refractivity contribution in [3.8, 4) is 5.75 Å². The van der Waals surface area contributed by atoms with Crippen LogP contribution < -0.4 is 9.97 Å². The first-order chi connectivity index (χ1) is 14.9. The SMILES string of the molecule is CCC(F)(F)C(=O)N[C@H]1Cc2cccc(C(=O)OC(OC(=O)C(C)C)C(C)C)c2OB1O. The minimum atomic E-state index is -3.58. The fraction of sp³-hybridized carbons (Fsp3) is 0.571. The van der Waals surface area contributed by atoms with Crippen molar-refractivity contribution < 1.29 is 42.3 Å². The number of rotatable bonds is 8. The molecule has 0 saturated heterocycles. The fourth-order valence-electron chi connectivity index (χ4n) is 2.86. The molecule has 2 N–H and O–H groups in total. The maximum Gasteiger partial charge on any atom is 0.547 e. The normalized spacial score (nSPS) is 16.8. The van der Waals surface area contributed by atoms with Gasteiger partial charge in [0.05, 0.1) is 11.9 Å². The third-order valence-electron chi connectivity index (χ3n) is 4.90. The monoisotopic (exact) mass is 455 g/mol. The second-order valence-electron chi connectivity index (χ2n) is 8.25. The predicted octanol–water partition coefficient (Wildman–Crippen LogP) is 2.51. The molecule has 1 aliphatic heterocycles. The Balaban J connectivity index is 2.20. The molecule has 1 aromatic rings. The maximum atomic E-state index is 13.6. The lowest BCUT2D eigenvalue weighted by atomic mass is 9.72. The van der Waals surface area contributed by atoms with Gasteiger partial charge in [-0.25, -0.2) is 4.79 Å². The number of fused-ring (bicyclic) bond motifs is 1. The molecule has 0 saturated carbocycles. The van der Waals surface area contributed by atoms with E-state index in [2.05, 4.69) is 5.32 Å². The van der Waals surface area contributed by atoms with E-state index < -0.39 is 55.5 Å². The summed E-state index contributed by atoms with van der Waals surface area (Å²) in [6.45, 7) is 7.90. The first-order valence-electron chi connectivity index (χ1n) is 10.4. The quantitative estimate of drug-likeness (QED) is 0.352. The van der Waals surface area contributed by atoms with Gasteiger partial charge in [0.15, 0.2) is 0 Å². The van der Waals surface area contributed by atoms with Crippen LogP contribution in [-0.2, 0) is 25.5 Å². The molecule has 8 nitrogen and oxygen atoms in total. The summed E-state index contributed by atoms with van der Waals surface area (Å²) < 4.78 is 43.2. The molecular weight excluding hydrogens is 427 g/mol. The topological polar surface area (TPSA) is 111 Å². The molecule has 1 aliphatic rings. The number of para-hydroxylation sites is 1. The molecule has 176 valence electrons. The van der Waals surface area contributed by atoms with Gasteiger partial charge in [-0.1, -0.05) is 46.8 Å². The number of benzene rings is 1. The number of hydrogen-bond donors (Lipinski definition) is 2. The van der Waals surface area contributed by atoms with E-state index in [-0.39, 0.29) is 23.7 Å². The molecular formula is C21H28BF2NO7. The van der Waals surface area contributed by atoms with Crippen LogP contribution in [0, 0.1) is 11.8 Å². The van der Waals surface area contributed by atoms with Crippen molar-refractivity contribution in [2.24, 2.45) is 11.8 Å². The first-order valence-corrected chi connectivity index (χ1v) is 10.4. The van der Waals surface area contributed by atoms with Crippen molar-refractivity contribution in [2.45, 2.75) is 65.6 Å². The van der Waals surface area contributed by atoms with Crippen LogP contribution in [-0.4, -0.2) is 48.1 Å². The molecule has 0 radical (unpaired) electrons. The van der Waals surface area contributed by atoms with Crippen molar-refractivity contribution in [2.75, 3.05) is 0 Å². The summed E-state index contributed by atoms with van der Waals surface area (Å²) in [6, 6.07) is 4.51. The smallest absolute Gasteiger partial charge is 0.534 e. The summed E-state index contributed by atoms with van der Waals surface area (Å²) in [7, 11) is -1.66. The molecule has 1 unspecified atom stereocenters. The van der Waals surface area contributed by atoms with E-state index in [0.29, 0.717) is 5.56 Å². The number of amides is 1. The molecule has 0 aliphatic carbocycles. The van der Waals surface area contributed by atoms with Crippen LogP contribution in [0.3, 0.4) is 0 Å². The number of halogens is 2. The van der Waals surface area contributed by atoms with Crippen LogP contribution in [0.25, 0.3) is 0 Å². The highest BCUT2D eigenvalue weighted by Crippen LogP contribution is 2.31. The Morgan fingerprint density at radius 3 is 2.47 bits per heavy atom. The van der Waals surface area contributed by atoms with Gasteiger partial charge < -0.3 is 24.5 Å². The van der Waals surface area contributed by atoms with Crippen molar-refractivity contribution in [3.63, 3.8) is 0 Å². The zero-order valence-corrected chi connectivity index (χ0v) is 18.7. The Morgan fingerprint density at radius 2 is 1.91 bits per heavy atom. The summed E-state index contributed by atoms with van der Waals surface area (Å²) in [6.07, 6.45) is -1.86. The second-order valence-corrected chi connectivity index (χ2v) is 8.25. The van der Waals surface area contributed by atoms with Gasteiger partial charge in [0.25, 0.3) is 5.91 Å². The van der Waals surface area contributed by atoms with Gasteiger partial charge in [0, 0.05) is 12.3 Å². The third kappa shape index (κ3) is 5.96. The summed E-state index contributed by atoms with van der Waals surface area (Å²) in [5.41, 5.74) is 0.381. The average Bonchev–Trinajstić information content (AvgIpc) is 2.72. The van der Waals surface area contributed by atoms with E-state index >= 15 is 0 Å². The number of hydrogen-bond acceptors (Lipinski definition) is 7. The fourth-order valence-corrected chi connectivity index (χ4v) is 2.86. The molecule has 0 aromatic heterocycles. The Morgan fingerprint density at radius 1 is 1.25 bits per heavy atom. The standard InChI is InChI=1S/C21H28BF2NO7/c1-6-21(23,24)20(28)25-15-10-13-8-7-9-14(16(13)32-22(15)29)18(27)31-19(12(4)5)30-17(26)11(2)3/h7-9,11-12,15,19,29H,6,10H2,1-5H3,(H,25,28)/t15-,19?/m0/s1. The number of carbonyl (C=O) groups excluding carboxylic acids is 3. The van der Waals surface area contributed by atoms with Crippen LogP contribution >= 0.6 is 0 Å². The predicted molar refractivity (Wildman–Crippen MR) is 111 cm³/mol. The number of alkyl halides is 2. The molecule has 11 heteroatoms. The molecule has 0 fully saturated rings. The molecule has 2 atom stereocenters. The van der Waals surface area contributed by atoms with Gasteiger partial charge in [0.2, 0.25) is 6.29 Å². The molecule has 0 spiro atoms. The number of nitrogens with one attached hydrogen (secondary N) is 1. The Hall–Kier alpha value is -2.69. The van der Waals surface area contributed by atoms with E-state index in [9.17, 15) is 28.2 Å². The van der Waals surface area contributed by atoms with Crippen LogP contribution in [0.5, 0.6) is 5.75 Å². The highest BCUT2D eigenvalue weighted by molar-refractivity contribution is 6.47. The highest BCUT2D eigenvalue weighted by atomic mass is 19.3. The lowest BCUT2D eigenvalue weighted by Gasteiger charge is -2.30. The summed E-state index contributed by atoms with van der Waals surface area (Å²) in [5.74, 6) is -8.32. The first kappa shape index (κ1) is 25.6. The van der Waals surface area contributed by atoms with E-state index in [1.165, 1.54) is 19.1 Å². The van der Waals surface area contributed by atoms with Crippen molar-refractivity contribution in [1.29, 1.82) is 0 Å². The zero-order chi connectivity index (χ0) is 24.2. The summed E-state index contributed by atoms with van der Waals surface area (Å²) in [5, 5.41) is 12.3. The van der Waals surface area contributed by atoms with Gasteiger partial charge >= 0.3 is 25.0 Å². The van der Waals surface area contributed by atoms with E-state index in [0.717, 1.165) is 0 Å². The molecule has 1 aromatic carbocycles. The third-order valence-corrected chi connectivity index (χ3v) is 4.90. The van der Waals surface area contributed by atoms with Gasteiger partial charge in [-0.2, -0.15) is 8.78 Å². The summed E-state index contributed by atoms with van der Waals surface area (Å²) >= 11 is 0. The van der Waals surface area contributed by atoms with Crippen LogP contribution in [0.2, 0.25) is 0 Å². The summed E-state index contributed by atoms with van der Waals surface area (Å²) in [4.78, 5) is 36.5. The molecule has 0 bridgehead atoms. The van der Waals surface area contributed by atoms with Crippen molar-refractivity contribution in [3.05, 3.63) is 29.3 Å². The number of ether oxygens (including phenoxy) is 2. The molecule has 2 rings (SSSR count). The molecule has 32 heavy (non-hydrogen) atoms. The van der Waals surface area contributed by atoms with E-state index in [4.69, 9.17) is 14.1 Å². The maximum absolute atomic E-state index is 13.6.